The fourth-order valence-corrected chi connectivity index (χ4v) is 0.732. The van der Waals surface area contributed by atoms with Gasteiger partial charge in [-0.15, -0.1) is 11.6 Å². The van der Waals surface area contributed by atoms with Crippen LogP contribution in [0, 0.1) is 0 Å². The summed E-state index contributed by atoms with van der Waals surface area (Å²) >= 11 is 5.53. The Hall–Kier alpha value is 0.180. The van der Waals surface area contributed by atoms with Crippen LogP contribution in [0.1, 0.15) is 19.8 Å². The van der Waals surface area contributed by atoms with E-state index in [2.05, 4.69) is 5.32 Å². The average Bonchev–Trinajstić information content (AvgIpc) is 1.98. The topological polar surface area (TPSA) is 12.0 Å². The van der Waals surface area contributed by atoms with E-state index >= 15 is 0 Å². The minimum Gasteiger partial charge on any atom is -0.313 e. The minimum atomic E-state index is -0.211. The van der Waals surface area contributed by atoms with Crippen molar-refractivity contribution in [3.63, 3.8) is 0 Å². The van der Waals surface area contributed by atoms with Crippen LogP contribution in [0.5, 0.6) is 0 Å². The molecule has 0 heterocycles. The van der Waals surface area contributed by atoms with Gasteiger partial charge in [-0.3, -0.25) is 4.39 Å². The summed E-state index contributed by atoms with van der Waals surface area (Å²) in [6, 6.07) is 0.348. The fourth-order valence-electron chi connectivity index (χ4n) is 0.623. The first kappa shape index (κ1) is 10.2. The van der Waals surface area contributed by atoms with Crippen molar-refractivity contribution in [3.05, 3.63) is 0 Å². The van der Waals surface area contributed by atoms with Gasteiger partial charge in [0, 0.05) is 11.9 Å². The Labute approximate surface area is 66.9 Å². The first-order valence-electron chi connectivity index (χ1n) is 3.66. The number of alkyl halides is 2. The molecular formula is C7H15ClFN. The van der Waals surface area contributed by atoms with E-state index in [0.29, 0.717) is 18.3 Å². The highest BCUT2D eigenvalue weighted by atomic mass is 35.5. The zero-order valence-electron chi connectivity index (χ0n) is 6.37. The van der Waals surface area contributed by atoms with Gasteiger partial charge in [0.1, 0.15) is 0 Å². The van der Waals surface area contributed by atoms with Gasteiger partial charge < -0.3 is 5.32 Å². The summed E-state index contributed by atoms with van der Waals surface area (Å²) in [5, 5.41) is 3.17. The first-order chi connectivity index (χ1) is 4.81. The lowest BCUT2D eigenvalue weighted by molar-refractivity contribution is 0.449. The standard InChI is InChI=1S/C7H15ClFN/c1-7(6-8)10-5-3-2-4-9/h7,10H,2-6H2,1H3. The van der Waals surface area contributed by atoms with Crippen LogP contribution in [-0.4, -0.2) is 25.1 Å². The van der Waals surface area contributed by atoms with Crippen molar-refractivity contribution in [3.8, 4) is 0 Å². The molecule has 0 radical (unpaired) electrons. The van der Waals surface area contributed by atoms with E-state index in [-0.39, 0.29) is 6.67 Å². The summed E-state index contributed by atoms with van der Waals surface area (Å²) < 4.78 is 11.5. The monoisotopic (exact) mass is 167 g/mol. The number of hydrogen-bond donors (Lipinski definition) is 1. The molecule has 0 saturated carbocycles. The molecule has 0 saturated heterocycles. The number of nitrogens with one attached hydrogen (secondary N) is 1. The summed E-state index contributed by atoms with van der Waals surface area (Å²) in [4.78, 5) is 0. The van der Waals surface area contributed by atoms with Crippen LogP contribution in [0.25, 0.3) is 0 Å². The van der Waals surface area contributed by atoms with Crippen molar-refractivity contribution in [2.45, 2.75) is 25.8 Å². The van der Waals surface area contributed by atoms with Crippen LogP contribution in [0.3, 0.4) is 0 Å². The maximum Gasteiger partial charge on any atom is 0.0894 e. The van der Waals surface area contributed by atoms with Crippen molar-refractivity contribution in [1.29, 1.82) is 0 Å². The second kappa shape index (κ2) is 7.29. The van der Waals surface area contributed by atoms with Gasteiger partial charge in [-0.1, -0.05) is 0 Å². The normalized spacial score (nSPS) is 13.5. The molecule has 0 fully saturated rings. The fraction of sp³-hybridized carbons (Fsp3) is 1.00. The Balaban J connectivity index is 2.89. The molecule has 1 unspecified atom stereocenters. The van der Waals surface area contributed by atoms with Crippen LogP contribution in [0.15, 0.2) is 0 Å². The summed E-state index contributed by atoms with van der Waals surface area (Å²) in [7, 11) is 0. The maximum absolute atomic E-state index is 11.5. The van der Waals surface area contributed by atoms with Gasteiger partial charge in [-0.2, -0.15) is 0 Å². The van der Waals surface area contributed by atoms with E-state index < -0.39 is 0 Å². The Kier molecular flexibility index (Phi) is 7.42. The van der Waals surface area contributed by atoms with Crippen molar-refractivity contribution < 1.29 is 4.39 Å². The Bertz CT molecular complexity index is 70.6. The van der Waals surface area contributed by atoms with Crippen LogP contribution in [0.2, 0.25) is 0 Å². The summed E-state index contributed by atoms with van der Waals surface area (Å²) in [6.45, 7) is 2.68. The number of halogens is 2. The van der Waals surface area contributed by atoms with E-state index in [0.717, 1.165) is 13.0 Å². The molecule has 1 N–H and O–H groups in total. The lowest BCUT2D eigenvalue weighted by Gasteiger charge is -2.08. The second-order valence-electron chi connectivity index (χ2n) is 2.41. The molecule has 1 nitrogen and oxygen atoms in total. The highest BCUT2D eigenvalue weighted by Crippen LogP contribution is 1.90. The molecule has 10 heavy (non-hydrogen) atoms. The largest absolute Gasteiger partial charge is 0.313 e. The number of rotatable bonds is 6. The Morgan fingerprint density at radius 1 is 1.50 bits per heavy atom. The zero-order valence-corrected chi connectivity index (χ0v) is 7.12. The van der Waals surface area contributed by atoms with E-state index in [1.807, 2.05) is 6.92 Å². The van der Waals surface area contributed by atoms with Crippen LogP contribution < -0.4 is 5.32 Å². The molecule has 0 spiro atoms. The van der Waals surface area contributed by atoms with E-state index in [9.17, 15) is 4.39 Å². The smallest absolute Gasteiger partial charge is 0.0894 e. The average molecular weight is 168 g/mol. The molecule has 0 aromatic heterocycles. The summed E-state index contributed by atoms with van der Waals surface area (Å²) in [6.07, 6.45) is 1.56. The predicted molar refractivity (Wildman–Crippen MR) is 43.4 cm³/mol. The lowest BCUT2D eigenvalue weighted by Crippen LogP contribution is -2.28. The van der Waals surface area contributed by atoms with Gasteiger partial charge in [-0.25, -0.2) is 0 Å². The summed E-state index contributed by atoms with van der Waals surface area (Å²) in [5.74, 6) is 0.621. The molecule has 0 aliphatic heterocycles. The Morgan fingerprint density at radius 3 is 2.70 bits per heavy atom. The van der Waals surface area contributed by atoms with Gasteiger partial charge in [0.25, 0.3) is 0 Å². The van der Waals surface area contributed by atoms with E-state index in [4.69, 9.17) is 11.6 Å². The van der Waals surface area contributed by atoms with Crippen molar-refractivity contribution in [2.75, 3.05) is 19.1 Å². The van der Waals surface area contributed by atoms with E-state index in [1.165, 1.54) is 0 Å². The van der Waals surface area contributed by atoms with Crippen LogP contribution >= 0.6 is 11.6 Å². The van der Waals surface area contributed by atoms with Gasteiger partial charge in [0.15, 0.2) is 0 Å². The van der Waals surface area contributed by atoms with Gasteiger partial charge in [0.05, 0.1) is 6.67 Å². The molecule has 62 valence electrons. The molecule has 3 heteroatoms. The third kappa shape index (κ3) is 6.30. The predicted octanol–water partition coefficient (Wildman–Crippen LogP) is 1.95. The number of unbranched alkanes of at least 4 members (excludes halogenated alkanes) is 1. The third-order valence-electron chi connectivity index (χ3n) is 1.28. The van der Waals surface area contributed by atoms with Crippen LogP contribution in [-0.2, 0) is 0 Å². The molecule has 0 amide bonds. The Morgan fingerprint density at radius 2 is 2.20 bits per heavy atom. The highest BCUT2D eigenvalue weighted by molar-refractivity contribution is 6.18. The molecule has 1 atom stereocenters. The van der Waals surface area contributed by atoms with Gasteiger partial charge in [0.2, 0.25) is 0 Å². The van der Waals surface area contributed by atoms with Gasteiger partial charge in [-0.05, 0) is 26.3 Å². The SMILES string of the molecule is CC(CCl)NCCCCF. The summed E-state index contributed by atoms with van der Waals surface area (Å²) in [5.41, 5.74) is 0. The van der Waals surface area contributed by atoms with Gasteiger partial charge >= 0.3 is 0 Å². The lowest BCUT2D eigenvalue weighted by atomic mass is 10.3. The third-order valence-corrected chi connectivity index (χ3v) is 1.75. The van der Waals surface area contributed by atoms with Crippen molar-refractivity contribution >= 4 is 11.6 Å². The first-order valence-corrected chi connectivity index (χ1v) is 4.20. The molecule has 0 aromatic rings. The second-order valence-corrected chi connectivity index (χ2v) is 2.71. The highest BCUT2D eigenvalue weighted by Gasteiger charge is 1.95. The van der Waals surface area contributed by atoms with Crippen molar-refractivity contribution in [1.82, 2.24) is 5.32 Å². The molecule has 0 aliphatic carbocycles. The molecule has 0 rings (SSSR count). The quantitative estimate of drug-likeness (QED) is 0.471. The molecule has 0 aromatic carbocycles. The minimum absolute atomic E-state index is 0.211. The zero-order chi connectivity index (χ0) is 7.82. The maximum atomic E-state index is 11.5. The number of hydrogen-bond acceptors (Lipinski definition) is 1. The van der Waals surface area contributed by atoms with E-state index in [1.54, 1.807) is 0 Å². The van der Waals surface area contributed by atoms with Crippen LogP contribution in [0.4, 0.5) is 4.39 Å². The van der Waals surface area contributed by atoms with Crippen molar-refractivity contribution in [2.24, 2.45) is 0 Å². The molecule has 0 bridgehead atoms. The molecule has 0 aliphatic rings. The molecular weight excluding hydrogens is 153 g/mol.